The fourth-order valence-corrected chi connectivity index (χ4v) is 10.7. The Balaban J connectivity index is 1.20. The van der Waals surface area contributed by atoms with E-state index < -0.39 is 0 Å². The van der Waals surface area contributed by atoms with Gasteiger partial charge < -0.3 is 0 Å². The van der Waals surface area contributed by atoms with Crippen LogP contribution in [0.4, 0.5) is 0 Å². The van der Waals surface area contributed by atoms with Gasteiger partial charge in [-0.3, -0.25) is 0 Å². The lowest BCUT2D eigenvalue weighted by Gasteiger charge is -2.19. The Hall–Kier alpha value is -7.80. The van der Waals surface area contributed by atoms with E-state index in [9.17, 15) is 0 Å². The largest absolute Gasteiger partial charge is 0.0616 e. The molecule has 60 heavy (non-hydrogen) atoms. The third-order valence-corrected chi connectivity index (χ3v) is 13.2. The fourth-order valence-electron chi connectivity index (χ4n) is 10.7. The van der Waals surface area contributed by atoms with Crippen LogP contribution in [0.5, 0.6) is 0 Å². The van der Waals surface area contributed by atoms with Crippen molar-refractivity contribution in [1.82, 2.24) is 0 Å². The SMILES string of the molecule is c1ccc2c(c1)c1ccccc1c1c(-c3cc(-c4cccc5c6ccccc6c6ccccc6c45)cc(-c4cccc5c6ccccc6c6ccccc6c45)c3)cccc21. The van der Waals surface area contributed by atoms with Crippen molar-refractivity contribution in [1.29, 1.82) is 0 Å². The molecule has 0 atom stereocenters. The molecular weight excluding hydrogens is 721 g/mol. The summed E-state index contributed by atoms with van der Waals surface area (Å²) >= 11 is 0. The highest BCUT2D eigenvalue weighted by molar-refractivity contribution is 6.31. The second-order valence-electron chi connectivity index (χ2n) is 16.3. The predicted molar refractivity (Wildman–Crippen MR) is 260 cm³/mol. The van der Waals surface area contributed by atoms with Gasteiger partial charge >= 0.3 is 0 Å². The van der Waals surface area contributed by atoms with Crippen LogP contribution < -0.4 is 0 Å². The molecule has 0 aliphatic carbocycles. The first kappa shape index (κ1) is 33.2. The van der Waals surface area contributed by atoms with Crippen molar-refractivity contribution >= 4 is 97.0 Å². The van der Waals surface area contributed by atoms with Gasteiger partial charge in [0.1, 0.15) is 0 Å². The number of fused-ring (bicyclic) bond motifs is 18. The van der Waals surface area contributed by atoms with Crippen LogP contribution in [0.25, 0.3) is 130 Å². The first-order chi connectivity index (χ1) is 29.8. The molecule has 13 aromatic rings. The molecule has 0 saturated carbocycles. The van der Waals surface area contributed by atoms with Gasteiger partial charge in [0.15, 0.2) is 0 Å². The highest BCUT2D eigenvalue weighted by Crippen LogP contribution is 2.47. The van der Waals surface area contributed by atoms with Crippen LogP contribution in [0.3, 0.4) is 0 Å². The van der Waals surface area contributed by atoms with Gasteiger partial charge in [-0.25, -0.2) is 0 Å². The molecule has 0 N–H and O–H groups in total. The maximum atomic E-state index is 2.46. The van der Waals surface area contributed by atoms with Gasteiger partial charge in [0.25, 0.3) is 0 Å². The predicted octanol–water partition coefficient (Wildman–Crippen LogP) is 17.1. The van der Waals surface area contributed by atoms with E-state index in [1.807, 2.05) is 0 Å². The molecule has 0 bridgehead atoms. The summed E-state index contributed by atoms with van der Waals surface area (Å²) in [5.41, 5.74) is 7.34. The van der Waals surface area contributed by atoms with E-state index >= 15 is 0 Å². The van der Waals surface area contributed by atoms with Crippen molar-refractivity contribution < 1.29 is 0 Å². The van der Waals surface area contributed by atoms with E-state index in [-0.39, 0.29) is 0 Å². The van der Waals surface area contributed by atoms with Gasteiger partial charge in [0.2, 0.25) is 0 Å². The lowest BCUT2D eigenvalue weighted by atomic mass is 9.84. The van der Waals surface area contributed by atoms with Crippen molar-refractivity contribution in [3.63, 3.8) is 0 Å². The first-order valence-electron chi connectivity index (χ1n) is 20.9. The zero-order valence-corrected chi connectivity index (χ0v) is 32.8. The third-order valence-electron chi connectivity index (χ3n) is 13.2. The van der Waals surface area contributed by atoms with Crippen LogP contribution in [0, 0.1) is 0 Å². The van der Waals surface area contributed by atoms with Crippen molar-refractivity contribution in [2.24, 2.45) is 0 Å². The Kier molecular flexibility index (Phi) is 7.11. The maximum Gasteiger partial charge on any atom is -0.00204 e. The van der Waals surface area contributed by atoms with Gasteiger partial charge in [-0.15, -0.1) is 0 Å². The molecule has 0 aromatic heterocycles. The summed E-state index contributed by atoms with van der Waals surface area (Å²) in [7, 11) is 0. The second kappa shape index (κ2) is 12.9. The Labute approximate surface area is 347 Å². The Morgan fingerprint density at radius 3 is 0.533 bits per heavy atom. The first-order valence-corrected chi connectivity index (χ1v) is 20.9. The molecule has 0 nitrogen and oxygen atoms in total. The minimum atomic E-state index is 1.21. The van der Waals surface area contributed by atoms with Crippen LogP contribution in [0.2, 0.25) is 0 Å². The molecule has 0 radical (unpaired) electrons. The number of hydrogen-bond acceptors (Lipinski definition) is 0. The topological polar surface area (TPSA) is 0 Å². The normalized spacial score (nSPS) is 12.0. The average molecular weight is 757 g/mol. The smallest absolute Gasteiger partial charge is 0.00204 e. The van der Waals surface area contributed by atoms with Crippen LogP contribution in [-0.2, 0) is 0 Å². The fraction of sp³-hybridized carbons (Fsp3) is 0. The van der Waals surface area contributed by atoms with E-state index in [1.54, 1.807) is 0 Å². The lowest BCUT2D eigenvalue weighted by Crippen LogP contribution is -1.92. The van der Waals surface area contributed by atoms with E-state index in [4.69, 9.17) is 0 Å². The Morgan fingerprint density at radius 1 is 0.150 bits per heavy atom. The molecule has 0 spiro atoms. The van der Waals surface area contributed by atoms with E-state index in [0.717, 1.165) is 0 Å². The van der Waals surface area contributed by atoms with Crippen LogP contribution in [0.1, 0.15) is 0 Å². The summed E-state index contributed by atoms with van der Waals surface area (Å²) in [6.45, 7) is 0. The van der Waals surface area contributed by atoms with Crippen LogP contribution >= 0.6 is 0 Å². The Morgan fingerprint density at radius 2 is 0.317 bits per heavy atom. The standard InChI is InChI=1S/C60H36/c1-4-19-49-43(16-1)46-22-7-10-25-52(46)58-40(28-13-31-55(49)58)37-34-38(41-29-14-32-56-50-20-5-2-17-44(50)47-23-8-11-26-53(47)59(41)56)36-39(35-37)42-30-15-33-57-51-21-6-3-18-45(51)48-24-9-12-27-54(48)60(42)57/h1-36H. The summed E-state index contributed by atoms with van der Waals surface area (Å²) in [5, 5.41) is 23.1. The third kappa shape index (κ3) is 4.73. The molecule has 0 amide bonds. The summed E-state index contributed by atoms with van der Waals surface area (Å²) < 4.78 is 0. The highest BCUT2D eigenvalue weighted by Gasteiger charge is 2.19. The maximum absolute atomic E-state index is 2.46. The minimum absolute atomic E-state index is 1.21. The van der Waals surface area contributed by atoms with Crippen LogP contribution in [-0.4, -0.2) is 0 Å². The van der Waals surface area contributed by atoms with Crippen molar-refractivity contribution in [3.8, 4) is 33.4 Å². The number of hydrogen-bond donors (Lipinski definition) is 0. The van der Waals surface area contributed by atoms with E-state index in [0.29, 0.717) is 0 Å². The van der Waals surface area contributed by atoms with Crippen molar-refractivity contribution in [2.75, 3.05) is 0 Å². The van der Waals surface area contributed by atoms with Crippen molar-refractivity contribution in [3.05, 3.63) is 218 Å². The lowest BCUT2D eigenvalue weighted by molar-refractivity contribution is 1.62. The molecule has 0 heteroatoms. The molecule has 0 unspecified atom stereocenters. The minimum Gasteiger partial charge on any atom is -0.0616 e. The van der Waals surface area contributed by atoms with Gasteiger partial charge in [-0.05, 0) is 149 Å². The average Bonchev–Trinajstić information content (AvgIpc) is 3.33. The molecule has 0 aliphatic heterocycles. The quantitative estimate of drug-likeness (QED) is 0.158. The molecule has 0 saturated heterocycles. The summed E-state index contributed by atoms with van der Waals surface area (Å²) in [4.78, 5) is 0. The van der Waals surface area contributed by atoms with Crippen molar-refractivity contribution in [2.45, 2.75) is 0 Å². The Bertz CT molecular complexity index is 3380. The summed E-state index contributed by atoms with van der Waals surface area (Å²) in [6.07, 6.45) is 0. The number of benzene rings is 13. The van der Waals surface area contributed by atoms with Gasteiger partial charge in [0, 0.05) is 0 Å². The van der Waals surface area contributed by atoms with Crippen LogP contribution in [0.15, 0.2) is 218 Å². The second-order valence-corrected chi connectivity index (χ2v) is 16.3. The van der Waals surface area contributed by atoms with E-state index in [2.05, 4.69) is 218 Å². The molecule has 0 heterocycles. The zero-order chi connectivity index (χ0) is 39.3. The van der Waals surface area contributed by atoms with Gasteiger partial charge in [-0.1, -0.05) is 200 Å². The zero-order valence-electron chi connectivity index (χ0n) is 32.8. The molecule has 13 aromatic carbocycles. The van der Waals surface area contributed by atoms with E-state index in [1.165, 1.54) is 130 Å². The molecule has 13 rings (SSSR count). The monoisotopic (exact) mass is 756 g/mol. The van der Waals surface area contributed by atoms with Gasteiger partial charge in [0.05, 0.1) is 0 Å². The summed E-state index contributed by atoms with van der Waals surface area (Å²) in [5.74, 6) is 0. The van der Waals surface area contributed by atoms with Gasteiger partial charge in [-0.2, -0.15) is 0 Å². The number of rotatable bonds is 3. The highest BCUT2D eigenvalue weighted by atomic mass is 14.2. The molecular formula is C60H36. The summed E-state index contributed by atoms with van der Waals surface area (Å²) in [6, 6.07) is 81.6. The molecule has 276 valence electrons. The molecule has 0 aliphatic rings. The molecule has 0 fully saturated rings.